The van der Waals surface area contributed by atoms with Gasteiger partial charge in [0.15, 0.2) is 0 Å². The van der Waals surface area contributed by atoms with Crippen molar-refractivity contribution in [3.63, 3.8) is 0 Å². The molecule has 0 aliphatic rings. The van der Waals surface area contributed by atoms with Gasteiger partial charge < -0.3 is 5.73 Å². The summed E-state index contributed by atoms with van der Waals surface area (Å²) in [4.78, 5) is -0.971. The molecule has 0 aromatic heterocycles. The van der Waals surface area contributed by atoms with Crippen molar-refractivity contribution in [3.05, 3.63) is 23.8 Å². The van der Waals surface area contributed by atoms with Crippen LogP contribution in [0.25, 0.3) is 0 Å². The molecule has 0 fully saturated rings. The van der Waals surface area contributed by atoms with E-state index >= 15 is 0 Å². The Morgan fingerprint density at radius 3 is 2.25 bits per heavy atom. The number of sulfonamides is 1. The summed E-state index contributed by atoms with van der Waals surface area (Å²) in [5, 5.41) is 0. The molecule has 0 aliphatic heterocycles. The molecule has 0 unspecified atom stereocenters. The fraction of sp³-hybridized carbons (Fsp3) is 0.400. The van der Waals surface area contributed by atoms with E-state index in [1.807, 2.05) is 0 Å². The first-order valence-corrected chi connectivity index (χ1v) is 6.67. The molecule has 0 heterocycles. The molecule has 1 aromatic carbocycles. The van der Waals surface area contributed by atoms with E-state index in [0.717, 1.165) is 7.05 Å². The number of halogens is 5. The maximum Gasteiger partial charge on any atom is 0.390 e. The first-order chi connectivity index (χ1) is 8.95. The molecule has 20 heavy (non-hydrogen) atoms. The number of nitrogens with zero attached hydrogens (tertiary/aromatic N) is 1. The zero-order chi connectivity index (χ0) is 15.7. The van der Waals surface area contributed by atoms with Gasteiger partial charge in [0.2, 0.25) is 10.0 Å². The van der Waals surface area contributed by atoms with E-state index in [1.165, 1.54) is 0 Å². The summed E-state index contributed by atoms with van der Waals surface area (Å²) >= 11 is 0. The molecule has 4 nitrogen and oxygen atoms in total. The van der Waals surface area contributed by atoms with Crippen LogP contribution in [0.5, 0.6) is 0 Å². The standard InChI is InChI=1S/C10H11F5N2O2S/c1-17(3-2-10(13,14)15)20(18,19)9-5-8(16)6(11)4-7(9)12/h4-5H,2-3,16H2,1H3. The molecule has 2 N–H and O–H groups in total. The highest BCUT2D eigenvalue weighted by molar-refractivity contribution is 7.89. The Morgan fingerprint density at radius 1 is 1.20 bits per heavy atom. The van der Waals surface area contributed by atoms with Gasteiger partial charge in [0.25, 0.3) is 0 Å². The molecule has 0 atom stereocenters. The van der Waals surface area contributed by atoms with E-state index in [1.54, 1.807) is 0 Å². The Morgan fingerprint density at radius 2 is 1.75 bits per heavy atom. The topological polar surface area (TPSA) is 63.4 Å². The average molecular weight is 318 g/mol. The van der Waals surface area contributed by atoms with Gasteiger partial charge in [-0.3, -0.25) is 0 Å². The van der Waals surface area contributed by atoms with Gasteiger partial charge in [-0.1, -0.05) is 0 Å². The maximum atomic E-state index is 13.4. The van der Waals surface area contributed by atoms with Gasteiger partial charge in [-0.2, -0.15) is 13.2 Å². The molecule has 0 aliphatic carbocycles. The smallest absolute Gasteiger partial charge is 0.390 e. The molecule has 0 radical (unpaired) electrons. The summed E-state index contributed by atoms with van der Waals surface area (Å²) in [6.45, 7) is -0.886. The molecule has 0 saturated heterocycles. The third-order valence-electron chi connectivity index (χ3n) is 2.45. The molecular formula is C10H11F5N2O2S. The second-order valence-corrected chi connectivity index (χ2v) is 6.01. The number of anilines is 1. The average Bonchev–Trinajstić information content (AvgIpc) is 2.29. The lowest BCUT2D eigenvalue weighted by Crippen LogP contribution is -2.31. The van der Waals surface area contributed by atoms with Crippen molar-refractivity contribution < 1.29 is 30.4 Å². The van der Waals surface area contributed by atoms with Crippen molar-refractivity contribution in [2.75, 3.05) is 19.3 Å². The molecule has 0 bridgehead atoms. The zero-order valence-corrected chi connectivity index (χ0v) is 11.0. The Kier molecular flexibility index (Phi) is 4.59. The van der Waals surface area contributed by atoms with Crippen LogP contribution in [0.1, 0.15) is 6.42 Å². The summed E-state index contributed by atoms with van der Waals surface area (Å²) in [5.41, 5.74) is 4.51. The fourth-order valence-corrected chi connectivity index (χ4v) is 2.56. The lowest BCUT2D eigenvalue weighted by molar-refractivity contribution is -0.135. The fourth-order valence-electron chi connectivity index (χ4n) is 1.31. The Labute approximate surface area is 112 Å². The quantitative estimate of drug-likeness (QED) is 0.683. The van der Waals surface area contributed by atoms with Gasteiger partial charge in [0.05, 0.1) is 12.1 Å². The van der Waals surface area contributed by atoms with Crippen molar-refractivity contribution >= 4 is 15.7 Å². The Balaban J connectivity index is 3.08. The van der Waals surface area contributed by atoms with Gasteiger partial charge in [-0.15, -0.1) is 0 Å². The van der Waals surface area contributed by atoms with Gasteiger partial charge in [0.1, 0.15) is 16.5 Å². The summed E-state index contributed by atoms with van der Waals surface area (Å²) in [6.07, 6.45) is -5.94. The number of nitrogen functional groups attached to an aromatic ring is 1. The van der Waals surface area contributed by atoms with E-state index in [2.05, 4.69) is 0 Å². The third kappa shape index (κ3) is 3.79. The summed E-state index contributed by atoms with van der Waals surface area (Å²) in [7, 11) is -3.66. The number of benzene rings is 1. The predicted molar refractivity (Wildman–Crippen MR) is 61.3 cm³/mol. The highest BCUT2D eigenvalue weighted by Crippen LogP contribution is 2.25. The second-order valence-electron chi connectivity index (χ2n) is 4.00. The number of alkyl halides is 3. The molecule has 0 amide bonds. The van der Waals surface area contributed by atoms with Gasteiger partial charge in [0, 0.05) is 19.7 Å². The minimum atomic E-state index is -4.55. The molecule has 10 heteroatoms. The lowest BCUT2D eigenvalue weighted by Gasteiger charge is -2.18. The lowest BCUT2D eigenvalue weighted by atomic mass is 10.3. The first kappa shape index (κ1) is 16.6. The molecule has 0 spiro atoms. The Hall–Kier alpha value is -1.42. The number of nitrogens with two attached hydrogens (primary N) is 1. The van der Waals surface area contributed by atoms with Crippen LogP contribution in [0.15, 0.2) is 17.0 Å². The molecule has 1 aromatic rings. The van der Waals surface area contributed by atoms with E-state index in [-0.39, 0.29) is 6.07 Å². The van der Waals surface area contributed by atoms with Crippen molar-refractivity contribution in [3.8, 4) is 0 Å². The number of hydrogen-bond donors (Lipinski definition) is 1. The highest BCUT2D eigenvalue weighted by atomic mass is 32.2. The van der Waals surface area contributed by atoms with E-state index < -0.39 is 51.4 Å². The largest absolute Gasteiger partial charge is 0.396 e. The summed E-state index contributed by atoms with van der Waals surface area (Å²) in [6, 6.07) is 0.796. The van der Waals surface area contributed by atoms with Crippen molar-refractivity contribution in [2.45, 2.75) is 17.5 Å². The van der Waals surface area contributed by atoms with Crippen molar-refractivity contribution in [1.29, 1.82) is 0 Å². The van der Waals surface area contributed by atoms with Crippen LogP contribution in [0.2, 0.25) is 0 Å². The van der Waals surface area contributed by atoms with Crippen LogP contribution in [0, 0.1) is 11.6 Å². The molecular weight excluding hydrogens is 307 g/mol. The van der Waals surface area contributed by atoms with Crippen LogP contribution in [0.3, 0.4) is 0 Å². The van der Waals surface area contributed by atoms with Crippen LogP contribution in [-0.2, 0) is 10.0 Å². The van der Waals surface area contributed by atoms with Crippen LogP contribution in [-0.4, -0.2) is 32.5 Å². The predicted octanol–water partition coefficient (Wildman–Crippen LogP) is 2.12. The SMILES string of the molecule is CN(CCC(F)(F)F)S(=O)(=O)c1cc(N)c(F)cc1F. The normalized spacial score (nSPS) is 12.9. The van der Waals surface area contributed by atoms with Crippen molar-refractivity contribution in [2.24, 2.45) is 0 Å². The van der Waals surface area contributed by atoms with Crippen molar-refractivity contribution in [1.82, 2.24) is 4.31 Å². The van der Waals surface area contributed by atoms with Gasteiger partial charge >= 0.3 is 6.18 Å². The van der Waals surface area contributed by atoms with E-state index in [9.17, 15) is 30.4 Å². The maximum absolute atomic E-state index is 13.4. The Bertz CT molecular complexity index is 600. The second kappa shape index (κ2) is 5.52. The highest BCUT2D eigenvalue weighted by Gasteiger charge is 2.31. The minimum absolute atomic E-state index is 0.264. The monoisotopic (exact) mass is 318 g/mol. The van der Waals surface area contributed by atoms with Crippen LogP contribution in [0.4, 0.5) is 27.6 Å². The van der Waals surface area contributed by atoms with Gasteiger partial charge in [-0.05, 0) is 6.07 Å². The zero-order valence-electron chi connectivity index (χ0n) is 10.2. The number of rotatable bonds is 4. The summed E-state index contributed by atoms with van der Waals surface area (Å²) < 4.78 is 86.6. The molecule has 0 saturated carbocycles. The molecule has 114 valence electrons. The first-order valence-electron chi connectivity index (χ1n) is 5.23. The van der Waals surface area contributed by atoms with Crippen LogP contribution < -0.4 is 5.73 Å². The van der Waals surface area contributed by atoms with Crippen LogP contribution >= 0.6 is 0 Å². The number of hydrogen-bond acceptors (Lipinski definition) is 3. The summed E-state index contributed by atoms with van der Waals surface area (Å²) in [5.74, 6) is -2.57. The third-order valence-corrected chi connectivity index (χ3v) is 4.32. The van der Waals surface area contributed by atoms with E-state index in [4.69, 9.17) is 5.73 Å². The minimum Gasteiger partial charge on any atom is -0.396 e. The van der Waals surface area contributed by atoms with E-state index in [0.29, 0.717) is 10.4 Å². The molecule has 1 rings (SSSR count). The van der Waals surface area contributed by atoms with Gasteiger partial charge in [-0.25, -0.2) is 21.5 Å².